The molecule has 1 aromatic rings. The Balaban J connectivity index is 2.13. The zero-order valence-electron chi connectivity index (χ0n) is 11.2. The number of nitrogens with two attached hydrogens (primary N) is 1. The molecule has 7 heteroatoms. The number of rotatable bonds is 4. The predicted molar refractivity (Wildman–Crippen MR) is 75.7 cm³/mol. The lowest BCUT2D eigenvalue weighted by Gasteiger charge is -2.27. The van der Waals surface area contributed by atoms with Crippen LogP contribution in [0.4, 0.5) is 0 Å². The number of hydrogen-bond donors (Lipinski definition) is 2. The Morgan fingerprint density at radius 1 is 1.58 bits per heavy atom. The predicted octanol–water partition coefficient (Wildman–Crippen LogP) is 1.36. The van der Waals surface area contributed by atoms with Gasteiger partial charge in [-0.25, -0.2) is 13.1 Å². The monoisotopic (exact) mass is 304 g/mol. The van der Waals surface area contributed by atoms with Crippen molar-refractivity contribution in [2.24, 2.45) is 5.73 Å². The van der Waals surface area contributed by atoms with Gasteiger partial charge in [0.15, 0.2) is 0 Å². The van der Waals surface area contributed by atoms with Crippen LogP contribution in [0.1, 0.15) is 30.2 Å². The van der Waals surface area contributed by atoms with Crippen LogP contribution < -0.4 is 10.5 Å². The molecule has 1 saturated heterocycles. The van der Waals surface area contributed by atoms with Crippen molar-refractivity contribution < 1.29 is 13.2 Å². The van der Waals surface area contributed by atoms with Crippen molar-refractivity contribution >= 4 is 21.4 Å². The summed E-state index contributed by atoms with van der Waals surface area (Å²) in [5.74, 6) is 0. The quantitative estimate of drug-likeness (QED) is 0.880. The molecule has 0 bridgehead atoms. The minimum atomic E-state index is -3.44. The fourth-order valence-electron chi connectivity index (χ4n) is 2.21. The lowest BCUT2D eigenvalue weighted by Crippen LogP contribution is -2.40. The van der Waals surface area contributed by atoms with Gasteiger partial charge >= 0.3 is 0 Å². The lowest BCUT2D eigenvalue weighted by atomic mass is 10.1. The van der Waals surface area contributed by atoms with E-state index in [4.69, 9.17) is 10.5 Å². The van der Waals surface area contributed by atoms with Crippen molar-refractivity contribution in [3.8, 4) is 0 Å². The standard InChI is InChI=1S/C12H20N2O3S2/c1-8-5-12(18-11(8)7-13)19(15,16)14-10-3-4-17-9(2)6-10/h5,9-10,14H,3-4,6-7,13H2,1-2H3. The van der Waals surface area contributed by atoms with Gasteiger partial charge in [0, 0.05) is 24.1 Å². The van der Waals surface area contributed by atoms with Crippen LogP contribution in [0.15, 0.2) is 10.3 Å². The van der Waals surface area contributed by atoms with Crippen molar-refractivity contribution in [3.05, 3.63) is 16.5 Å². The van der Waals surface area contributed by atoms with Crippen LogP contribution in [0.5, 0.6) is 0 Å². The zero-order valence-corrected chi connectivity index (χ0v) is 12.8. The molecule has 108 valence electrons. The van der Waals surface area contributed by atoms with E-state index in [1.165, 1.54) is 11.3 Å². The Morgan fingerprint density at radius 3 is 2.89 bits per heavy atom. The molecule has 0 radical (unpaired) electrons. The topological polar surface area (TPSA) is 81.4 Å². The smallest absolute Gasteiger partial charge is 0.250 e. The molecule has 1 aromatic heterocycles. The summed E-state index contributed by atoms with van der Waals surface area (Å²) in [6.07, 6.45) is 1.54. The van der Waals surface area contributed by atoms with E-state index in [2.05, 4.69) is 4.72 Å². The fraction of sp³-hybridized carbons (Fsp3) is 0.667. The van der Waals surface area contributed by atoms with E-state index in [-0.39, 0.29) is 12.1 Å². The van der Waals surface area contributed by atoms with Crippen molar-refractivity contribution in [2.75, 3.05) is 6.61 Å². The molecular weight excluding hydrogens is 284 g/mol. The number of nitrogens with one attached hydrogen (secondary N) is 1. The summed E-state index contributed by atoms with van der Waals surface area (Å²) < 4.78 is 33.2. The van der Waals surface area contributed by atoms with Gasteiger partial charge in [-0.3, -0.25) is 0 Å². The third kappa shape index (κ3) is 3.55. The molecular formula is C12H20N2O3S2. The molecule has 2 rings (SSSR count). The van der Waals surface area contributed by atoms with Crippen LogP contribution in [0.3, 0.4) is 0 Å². The van der Waals surface area contributed by atoms with Crippen LogP contribution >= 0.6 is 11.3 Å². The molecule has 0 saturated carbocycles. The molecule has 0 spiro atoms. The summed E-state index contributed by atoms with van der Waals surface area (Å²) in [7, 11) is -3.44. The first kappa shape index (κ1) is 14.9. The van der Waals surface area contributed by atoms with Gasteiger partial charge < -0.3 is 10.5 Å². The lowest BCUT2D eigenvalue weighted by molar-refractivity contribution is 0.0173. The van der Waals surface area contributed by atoms with Gasteiger partial charge in [-0.1, -0.05) is 0 Å². The highest BCUT2D eigenvalue weighted by Crippen LogP contribution is 2.26. The Kier molecular flexibility index (Phi) is 4.62. The maximum atomic E-state index is 12.3. The number of sulfonamides is 1. The molecule has 0 aromatic carbocycles. The highest BCUT2D eigenvalue weighted by molar-refractivity contribution is 7.91. The Labute approximate surface area is 118 Å². The Morgan fingerprint density at radius 2 is 2.32 bits per heavy atom. The first-order chi connectivity index (χ1) is 8.92. The molecule has 1 aliphatic rings. The SMILES string of the molecule is Cc1cc(S(=O)(=O)NC2CCOC(C)C2)sc1CN. The zero-order chi connectivity index (χ0) is 14.0. The summed E-state index contributed by atoms with van der Waals surface area (Å²) in [5.41, 5.74) is 6.53. The van der Waals surface area contributed by atoms with E-state index < -0.39 is 10.0 Å². The molecule has 19 heavy (non-hydrogen) atoms. The first-order valence-corrected chi connectivity index (χ1v) is 8.65. The van der Waals surface area contributed by atoms with Gasteiger partial charge in [0.2, 0.25) is 10.0 Å². The van der Waals surface area contributed by atoms with Gasteiger partial charge in [-0.2, -0.15) is 0 Å². The summed E-state index contributed by atoms with van der Waals surface area (Å²) >= 11 is 1.25. The van der Waals surface area contributed by atoms with Crippen LogP contribution in [0.25, 0.3) is 0 Å². The highest BCUT2D eigenvalue weighted by Gasteiger charge is 2.26. The molecule has 2 heterocycles. The van der Waals surface area contributed by atoms with Crippen LogP contribution in [-0.2, 0) is 21.3 Å². The second-order valence-electron chi connectivity index (χ2n) is 4.90. The van der Waals surface area contributed by atoms with Gasteiger partial charge in [0.25, 0.3) is 0 Å². The first-order valence-electron chi connectivity index (χ1n) is 6.35. The maximum Gasteiger partial charge on any atom is 0.250 e. The second-order valence-corrected chi connectivity index (χ2v) is 7.98. The number of aryl methyl sites for hydroxylation is 1. The average molecular weight is 304 g/mol. The summed E-state index contributed by atoms with van der Waals surface area (Å²) in [4.78, 5) is 0.917. The molecule has 0 aliphatic carbocycles. The van der Waals surface area contributed by atoms with Crippen molar-refractivity contribution in [2.45, 2.75) is 49.6 Å². The van der Waals surface area contributed by atoms with Gasteiger partial charge in [0.1, 0.15) is 4.21 Å². The molecule has 2 atom stereocenters. The number of ether oxygens (including phenoxy) is 1. The van der Waals surface area contributed by atoms with Crippen molar-refractivity contribution in [3.63, 3.8) is 0 Å². The summed E-state index contributed by atoms with van der Waals surface area (Å²) in [6, 6.07) is 1.65. The van der Waals surface area contributed by atoms with Crippen LogP contribution in [0, 0.1) is 6.92 Å². The average Bonchev–Trinajstić information content (AvgIpc) is 2.71. The third-order valence-corrected chi connectivity index (χ3v) is 6.51. The third-order valence-electron chi connectivity index (χ3n) is 3.26. The minimum absolute atomic E-state index is 0.0440. The molecule has 0 amide bonds. The largest absolute Gasteiger partial charge is 0.378 e. The Hall–Kier alpha value is -0.470. The number of hydrogen-bond acceptors (Lipinski definition) is 5. The van der Waals surface area contributed by atoms with Gasteiger partial charge in [0.05, 0.1) is 6.10 Å². The van der Waals surface area contributed by atoms with Crippen molar-refractivity contribution in [1.29, 1.82) is 0 Å². The molecule has 5 nitrogen and oxygen atoms in total. The van der Waals surface area contributed by atoms with Crippen LogP contribution in [0.2, 0.25) is 0 Å². The summed E-state index contributed by atoms with van der Waals surface area (Å²) in [6.45, 7) is 4.82. The normalized spacial score (nSPS) is 24.6. The minimum Gasteiger partial charge on any atom is -0.378 e. The van der Waals surface area contributed by atoms with Gasteiger partial charge in [-0.15, -0.1) is 11.3 Å². The van der Waals surface area contributed by atoms with E-state index in [1.54, 1.807) is 6.07 Å². The highest BCUT2D eigenvalue weighted by atomic mass is 32.2. The van der Waals surface area contributed by atoms with Crippen molar-refractivity contribution in [1.82, 2.24) is 4.72 Å². The van der Waals surface area contributed by atoms with E-state index in [9.17, 15) is 8.42 Å². The molecule has 2 unspecified atom stereocenters. The van der Waals surface area contributed by atoms with E-state index >= 15 is 0 Å². The van der Waals surface area contributed by atoms with E-state index in [0.717, 1.165) is 16.9 Å². The summed E-state index contributed by atoms with van der Waals surface area (Å²) in [5, 5.41) is 0. The Bertz CT molecular complexity index is 539. The van der Waals surface area contributed by atoms with Gasteiger partial charge in [-0.05, 0) is 38.3 Å². The second kappa shape index (κ2) is 5.88. The van der Waals surface area contributed by atoms with E-state index in [0.29, 0.717) is 23.8 Å². The molecule has 1 aliphatic heterocycles. The number of thiophene rings is 1. The molecule has 3 N–H and O–H groups in total. The maximum absolute atomic E-state index is 12.3. The fourth-order valence-corrected chi connectivity index (χ4v) is 4.97. The van der Waals surface area contributed by atoms with E-state index in [1.807, 2.05) is 13.8 Å². The van der Waals surface area contributed by atoms with Crippen LogP contribution in [-0.4, -0.2) is 27.2 Å². The molecule has 1 fully saturated rings.